The average Bonchev–Trinajstić information content (AvgIpc) is 3.02. The van der Waals surface area contributed by atoms with Crippen molar-refractivity contribution in [2.24, 2.45) is 11.8 Å². The number of carbonyl (C=O) groups is 2. The minimum absolute atomic E-state index is 0.0700. The molecule has 0 bridgehead atoms. The van der Waals surface area contributed by atoms with Gasteiger partial charge >= 0.3 is 12.0 Å². The van der Waals surface area contributed by atoms with Crippen LogP contribution >= 0.6 is 0 Å². The van der Waals surface area contributed by atoms with Crippen molar-refractivity contribution in [2.45, 2.75) is 52.1 Å². The maximum atomic E-state index is 11.6. The first-order valence-electron chi connectivity index (χ1n) is 6.29. The van der Waals surface area contributed by atoms with E-state index < -0.39 is 12.0 Å². The molecule has 98 valence electrons. The number of amides is 2. The number of carboxylic acid groups (broad SMARTS) is 1. The lowest BCUT2D eigenvalue weighted by molar-refractivity contribution is -0.140. The zero-order valence-electron chi connectivity index (χ0n) is 10.7. The molecule has 5 heteroatoms. The SMILES string of the molecule is CCC1CC1NC(=O)N[C@H](C(=O)O)C(C)CC. The van der Waals surface area contributed by atoms with E-state index >= 15 is 0 Å². The monoisotopic (exact) mass is 242 g/mol. The Kier molecular flexibility index (Phi) is 4.78. The Morgan fingerprint density at radius 2 is 2.06 bits per heavy atom. The van der Waals surface area contributed by atoms with E-state index in [2.05, 4.69) is 17.6 Å². The first-order chi connectivity index (χ1) is 7.99. The van der Waals surface area contributed by atoms with E-state index in [-0.39, 0.29) is 18.0 Å². The number of carbonyl (C=O) groups excluding carboxylic acids is 1. The minimum Gasteiger partial charge on any atom is -0.480 e. The number of urea groups is 1. The molecular formula is C12H22N2O3. The molecule has 1 saturated carbocycles. The summed E-state index contributed by atoms with van der Waals surface area (Å²) in [5.74, 6) is -0.482. The van der Waals surface area contributed by atoms with Gasteiger partial charge < -0.3 is 15.7 Å². The quantitative estimate of drug-likeness (QED) is 0.661. The summed E-state index contributed by atoms with van der Waals surface area (Å²) in [5, 5.41) is 14.4. The van der Waals surface area contributed by atoms with Gasteiger partial charge in [0, 0.05) is 6.04 Å². The summed E-state index contributed by atoms with van der Waals surface area (Å²) in [6.45, 7) is 5.82. The van der Waals surface area contributed by atoms with Gasteiger partial charge in [-0.3, -0.25) is 0 Å². The molecule has 3 unspecified atom stereocenters. The summed E-state index contributed by atoms with van der Waals surface area (Å²) in [6, 6.07) is -0.941. The van der Waals surface area contributed by atoms with Crippen molar-refractivity contribution in [3.05, 3.63) is 0 Å². The molecule has 1 aliphatic carbocycles. The van der Waals surface area contributed by atoms with Crippen molar-refractivity contribution in [1.29, 1.82) is 0 Å². The Morgan fingerprint density at radius 1 is 1.41 bits per heavy atom. The number of aliphatic carboxylic acids is 1. The smallest absolute Gasteiger partial charge is 0.326 e. The second-order valence-electron chi connectivity index (χ2n) is 4.83. The Hall–Kier alpha value is -1.26. The molecule has 1 fully saturated rings. The molecule has 0 aliphatic heterocycles. The van der Waals surface area contributed by atoms with Crippen LogP contribution in [0.1, 0.15) is 40.0 Å². The maximum absolute atomic E-state index is 11.6. The first kappa shape index (κ1) is 13.8. The summed E-state index contributed by atoms with van der Waals surface area (Å²) in [5.41, 5.74) is 0. The van der Waals surface area contributed by atoms with Crippen molar-refractivity contribution < 1.29 is 14.7 Å². The standard InChI is InChI=1S/C12H22N2O3/c1-4-7(3)10(11(15)16)14-12(17)13-9-6-8(9)5-2/h7-10H,4-6H2,1-3H3,(H,15,16)(H2,13,14,17)/t7?,8?,9?,10-/m0/s1. The highest BCUT2D eigenvalue weighted by Gasteiger charge is 2.37. The zero-order valence-corrected chi connectivity index (χ0v) is 10.7. The van der Waals surface area contributed by atoms with Gasteiger partial charge in [-0.05, 0) is 18.3 Å². The lowest BCUT2D eigenvalue weighted by Gasteiger charge is -2.20. The van der Waals surface area contributed by atoms with Gasteiger partial charge in [0.1, 0.15) is 6.04 Å². The van der Waals surface area contributed by atoms with Crippen LogP contribution in [0.25, 0.3) is 0 Å². The van der Waals surface area contributed by atoms with Gasteiger partial charge in [0.25, 0.3) is 0 Å². The first-order valence-corrected chi connectivity index (χ1v) is 6.29. The fourth-order valence-corrected chi connectivity index (χ4v) is 1.91. The molecule has 0 radical (unpaired) electrons. The van der Waals surface area contributed by atoms with Crippen LogP contribution in [0.2, 0.25) is 0 Å². The predicted octanol–water partition coefficient (Wildman–Crippen LogP) is 1.58. The summed E-state index contributed by atoms with van der Waals surface area (Å²) < 4.78 is 0. The minimum atomic E-state index is -0.975. The maximum Gasteiger partial charge on any atom is 0.326 e. The second kappa shape index (κ2) is 5.89. The molecule has 5 nitrogen and oxygen atoms in total. The van der Waals surface area contributed by atoms with Crippen LogP contribution < -0.4 is 10.6 Å². The second-order valence-corrected chi connectivity index (χ2v) is 4.83. The molecule has 0 heterocycles. The summed E-state index contributed by atoms with van der Waals surface area (Å²) in [4.78, 5) is 22.6. The van der Waals surface area contributed by atoms with Crippen LogP contribution in [0.15, 0.2) is 0 Å². The molecule has 0 saturated heterocycles. The van der Waals surface area contributed by atoms with E-state index in [1.54, 1.807) is 0 Å². The fraction of sp³-hybridized carbons (Fsp3) is 0.833. The van der Waals surface area contributed by atoms with Gasteiger partial charge in [-0.25, -0.2) is 9.59 Å². The predicted molar refractivity (Wildman–Crippen MR) is 64.7 cm³/mol. The molecule has 1 aliphatic rings. The van der Waals surface area contributed by atoms with Crippen LogP contribution in [0.5, 0.6) is 0 Å². The molecule has 1 rings (SSSR count). The molecule has 0 aromatic rings. The molecule has 3 N–H and O–H groups in total. The normalized spacial score (nSPS) is 25.8. The molecular weight excluding hydrogens is 220 g/mol. The molecule has 2 amide bonds. The van der Waals surface area contributed by atoms with Gasteiger partial charge in [-0.15, -0.1) is 0 Å². The van der Waals surface area contributed by atoms with Crippen LogP contribution in [-0.4, -0.2) is 29.2 Å². The molecule has 17 heavy (non-hydrogen) atoms. The molecule has 0 aromatic heterocycles. The average molecular weight is 242 g/mol. The fourth-order valence-electron chi connectivity index (χ4n) is 1.91. The Labute approximate surface area is 102 Å². The lowest BCUT2D eigenvalue weighted by atomic mass is 9.99. The van der Waals surface area contributed by atoms with Gasteiger partial charge in [-0.2, -0.15) is 0 Å². The summed E-state index contributed by atoms with van der Waals surface area (Å²) >= 11 is 0. The highest BCUT2D eigenvalue weighted by atomic mass is 16.4. The third-order valence-electron chi connectivity index (χ3n) is 3.53. The van der Waals surface area contributed by atoms with E-state index in [1.165, 1.54) is 0 Å². The van der Waals surface area contributed by atoms with E-state index in [9.17, 15) is 9.59 Å². The van der Waals surface area contributed by atoms with Crippen LogP contribution in [-0.2, 0) is 4.79 Å². The Morgan fingerprint density at radius 3 is 2.47 bits per heavy atom. The number of hydrogen-bond acceptors (Lipinski definition) is 2. The number of nitrogens with one attached hydrogen (secondary N) is 2. The van der Waals surface area contributed by atoms with Gasteiger partial charge in [0.15, 0.2) is 0 Å². The zero-order chi connectivity index (χ0) is 13.0. The Bertz CT molecular complexity index is 293. The molecule has 4 atom stereocenters. The highest BCUT2D eigenvalue weighted by Crippen LogP contribution is 2.32. The van der Waals surface area contributed by atoms with Crippen molar-refractivity contribution in [1.82, 2.24) is 10.6 Å². The number of carboxylic acids is 1. The van der Waals surface area contributed by atoms with E-state index in [0.29, 0.717) is 5.92 Å². The summed E-state index contributed by atoms with van der Waals surface area (Å²) in [6.07, 6.45) is 2.78. The van der Waals surface area contributed by atoms with E-state index in [0.717, 1.165) is 19.3 Å². The largest absolute Gasteiger partial charge is 0.480 e. The Balaban J connectivity index is 2.39. The number of rotatable bonds is 6. The van der Waals surface area contributed by atoms with Crippen molar-refractivity contribution in [3.8, 4) is 0 Å². The van der Waals surface area contributed by atoms with Gasteiger partial charge in [0.05, 0.1) is 0 Å². The van der Waals surface area contributed by atoms with Crippen molar-refractivity contribution in [2.75, 3.05) is 0 Å². The van der Waals surface area contributed by atoms with E-state index in [1.807, 2.05) is 13.8 Å². The van der Waals surface area contributed by atoms with E-state index in [4.69, 9.17) is 5.11 Å². The third kappa shape index (κ3) is 3.91. The molecule has 0 aromatic carbocycles. The van der Waals surface area contributed by atoms with Crippen LogP contribution in [0, 0.1) is 11.8 Å². The van der Waals surface area contributed by atoms with Crippen molar-refractivity contribution >= 4 is 12.0 Å². The van der Waals surface area contributed by atoms with Gasteiger partial charge in [-0.1, -0.05) is 33.6 Å². The third-order valence-corrected chi connectivity index (χ3v) is 3.53. The topological polar surface area (TPSA) is 78.4 Å². The lowest BCUT2D eigenvalue weighted by Crippen LogP contribution is -2.49. The van der Waals surface area contributed by atoms with Crippen LogP contribution in [0.4, 0.5) is 4.79 Å². The number of hydrogen-bond donors (Lipinski definition) is 3. The molecule has 0 spiro atoms. The highest BCUT2D eigenvalue weighted by molar-refractivity contribution is 5.83. The van der Waals surface area contributed by atoms with Crippen LogP contribution in [0.3, 0.4) is 0 Å². The van der Waals surface area contributed by atoms with Gasteiger partial charge in [0.2, 0.25) is 0 Å². The van der Waals surface area contributed by atoms with Crippen molar-refractivity contribution in [3.63, 3.8) is 0 Å². The summed E-state index contributed by atoms with van der Waals surface area (Å²) in [7, 11) is 0.